The van der Waals surface area contributed by atoms with E-state index in [1.165, 1.54) is 7.11 Å². The summed E-state index contributed by atoms with van der Waals surface area (Å²) in [5.41, 5.74) is -0.257. The smallest absolute Gasteiger partial charge is 0.338 e. The molecule has 0 spiro atoms. The minimum atomic E-state index is -1.54. The van der Waals surface area contributed by atoms with Gasteiger partial charge in [-0.1, -0.05) is 6.58 Å². The first-order valence-corrected chi connectivity index (χ1v) is 9.67. The third-order valence-corrected chi connectivity index (χ3v) is 4.15. The number of hydrogen-bond donors (Lipinski definition) is 0. The lowest BCUT2D eigenvalue weighted by Gasteiger charge is -2.44. The van der Waals surface area contributed by atoms with E-state index in [-0.39, 0.29) is 5.57 Å². The Kier molecular flexibility index (Phi) is 10.9. The molecular weight excluding hydrogens is 448 g/mol. The standard InChI is InChI=1S/C20H28O13/c1-9(18(25)26-6)19(27-7)33-20-17(31-13(5)24)16(30-12(4)23)15(29-11(3)22)14(32-20)8-28-10(2)21/h14-17,19-20H,1,8H2,2-7H3/t14-,15-,16+,17-,19+,20+/m1/s1. The summed E-state index contributed by atoms with van der Waals surface area (Å²) in [6, 6.07) is 0. The van der Waals surface area contributed by atoms with Crippen molar-refractivity contribution in [2.24, 2.45) is 0 Å². The van der Waals surface area contributed by atoms with Crippen LogP contribution < -0.4 is 0 Å². The second-order valence-corrected chi connectivity index (χ2v) is 6.79. The summed E-state index contributed by atoms with van der Waals surface area (Å²) in [6.07, 6.45) is -8.45. The molecule has 1 fully saturated rings. The van der Waals surface area contributed by atoms with Crippen LogP contribution in [0.1, 0.15) is 27.7 Å². The molecule has 33 heavy (non-hydrogen) atoms. The molecule has 0 radical (unpaired) electrons. The molecule has 0 aromatic carbocycles. The van der Waals surface area contributed by atoms with Crippen LogP contribution in [0.3, 0.4) is 0 Å². The zero-order valence-electron chi connectivity index (χ0n) is 19.2. The van der Waals surface area contributed by atoms with Crippen molar-refractivity contribution in [3.05, 3.63) is 12.2 Å². The molecule has 0 aromatic rings. The average molecular weight is 476 g/mol. The van der Waals surface area contributed by atoms with Crippen LogP contribution in [0.2, 0.25) is 0 Å². The van der Waals surface area contributed by atoms with Gasteiger partial charge in [-0.3, -0.25) is 19.2 Å². The van der Waals surface area contributed by atoms with Crippen molar-refractivity contribution < 1.29 is 61.9 Å². The van der Waals surface area contributed by atoms with E-state index < -0.39 is 73.4 Å². The van der Waals surface area contributed by atoms with Gasteiger partial charge in [-0.15, -0.1) is 0 Å². The second kappa shape index (κ2) is 12.9. The molecule has 13 nitrogen and oxygen atoms in total. The van der Waals surface area contributed by atoms with Crippen molar-refractivity contribution >= 4 is 29.8 Å². The van der Waals surface area contributed by atoms with Gasteiger partial charge < -0.3 is 37.9 Å². The van der Waals surface area contributed by atoms with Crippen molar-refractivity contribution in [3.63, 3.8) is 0 Å². The van der Waals surface area contributed by atoms with E-state index in [9.17, 15) is 24.0 Å². The monoisotopic (exact) mass is 476 g/mol. The Hall–Kier alpha value is -3.03. The first kappa shape index (κ1) is 28.0. The van der Waals surface area contributed by atoms with Gasteiger partial charge in [-0.25, -0.2) is 4.79 Å². The summed E-state index contributed by atoms with van der Waals surface area (Å²) in [5, 5.41) is 0. The lowest BCUT2D eigenvalue weighted by Crippen LogP contribution is -2.63. The van der Waals surface area contributed by atoms with Gasteiger partial charge in [0.25, 0.3) is 0 Å². The van der Waals surface area contributed by atoms with E-state index in [0.29, 0.717) is 0 Å². The fourth-order valence-electron chi connectivity index (χ4n) is 2.93. The first-order chi connectivity index (χ1) is 15.4. The van der Waals surface area contributed by atoms with E-state index in [2.05, 4.69) is 11.3 Å². The Balaban J connectivity index is 3.42. The molecule has 13 heteroatoms. The van der Waals surface area contributed by atoms with Crippen LogP contribution in [-0.2, 0) is 61.9 Å². The molecule has 0 unspecified atom stereocenters. The predicted octanol–water partition coefficient (Wildman–Crippen LogP) is -0.212. The number of rotatable bonds is 10. The lowest BCUT2D eigenvalue weighted by atomic mass is 9.98. The number of esters is 5. The van der Waals surface area contributed by atoms with E-state index >= 15 is 0 Å². The van der Waals surface area contributed by atoms with Gasteiger partial charge in [0.15, 0.2) is 24.6 Å². The molecule has 6 atom stereocenters. The molecule has 0 aliphatic carbocycles. The highest BCUT2D eigenvalue weighted by Gasteiger charge is 2.53. The SMILES string of the molecule is C=C(C(=O)OC)[C@@H](OC)O[C@@H]1O[C@H](COC(C)=O)[C@@H](OC(C)=O)[C@H](OC(C)=O)[C@H]1OC(C)=O. The van der Waals surface area contributed by atoms with E-state index in [1.54, 1.807) is 0 Å². The Bertz CT molecular complexity index is 761. The average Bonchev–Trinajstić information content (AvgIpc) is 2.72. The Labute approximate surface area is 190 Å². The quantitative estimate of drug-likeness (QED) is 0.176. The van der Waals surface area contributed by atoms with Crippen molar-refractivity contribution in [3.8, 4) is 0 Å². The molecule has 1 aliphatic rings. The maximum Gasteiger partial charge on any atom is 0.338 e. The normalized spacial score (nSPS) is 25.2. The molecular formula is C20H28O13. The molecule has 0 aromatic heterocycles. The Morgan fingerprint density at radius 2 is 1.33 bits per heavy atom. The maximum absolute atomic E-state index is 11.8. The van der Waals surface area contributed by atoms with E-state index in [1.807, 2.05) is 0 Å². The van der Waals surface area contributed by atoms with Crippen LogP contribution in [0, 0.1) is 0 Å². The molecule has 0 amide bonds. The van der Waals surface area contributed by atoms with Gasteiger partial charge >= 0.3 is 29.8 Å². The number of carbonyl (C=O) groups excluding carboxylic acids is 5. The van der Waals surface area contributed by atoms with Crippen molar-refractivity contribution in [2.75, 3.05) is 20.8 Å². The second-order valence-electron chi connectivity index (χ2n) is 6.79. The highest BCUT2D eigenvalue weighted by atomic mass is 16.8. The summed E-state index contributed by atoms with van der Waals surface area (Å²) in [4.78, 5) is 58.5. The zero-order chi connectivity index (χ0) is 25.3. The summed E-state index contributed by atoms with van der Waals surface area (Å²) in [6.45, 7) is 7.50. The molecule has 1 rings (SSSR count). The molecule has 0 bridgehead atoms. The third kappa shape index (κ3) is 8.44. The van der Waals surface area contributed by atoms with Crippen LogP contribution in [0.15, 0.2) is 12.2 Å². The van der Waals surface area contributed by atoms with Gasteiger partial charge in [-0.05, 0) is 0 Å². The predicted molar refractivity (Wildman–Crippen MR) is 105 cm³/mol. The molecule has 1 saturated heterocycles. The zero-order valence-corrected chi connectivity index (χ0v) is 19.2. The van der Waals surface area contributed by atoms with Crippen LogP contribution in [-0.4, -0.2) is 87.7 Å². The topological polar surface area (TPSA) is 159 Å². The molecule has 1 aliphatic heterocycles. The van der Waals surface area contributed by atoms with Crippen molar-refractivity contribution in [1.82, 2.24) is 0 Å². The van der Waals surface area contributed by atoms with Crippen LogP contribution >= 0.6 is 0 Å². The summed E-state index contributed by atoms with van der Waals surface area (Å²) < 4.78 is 41.8. The van der Waals surface area contributed by atoms with Gasteiger partial charge in [0, 0.05) is 34.8 Å². The van der Waals surface area contributed by atoms with E-state index in [0.717, 1.165) is 34.8 Å². The number of ether oxygens (including phenoxy) is 8. The molecule has 0 saturated carbocycles. The van der Waals surface area contributed by atoms with Crippen molar-refractivity contribution in [2.45, 2.75) is 64.7 Å². The van der Waals surface area contributed by atoms with Crippen molar-refractivity contribution in [1.29, 1.82) is 0 Å². The highest BCUT2D eigenvalue weighted by molar-refractivity contribution is 5.88. The minimum absolute atomic E-state index is 0.257. The van der Waals surface area contributed by atoms with E-state index in [4.69, 9.17) is 33.2 Å². The summed E-state index contributed by atoms with van der Waals surface area (Å²) in [7, 11) is 2.32. The summed E-state index contributed by atoms with van der Waals surface area (Å²) in [5.74, 6) is -3.91. The molecule has 186 valence electrons. The van der Waals surface area contributed by atoms with Crippen LogP contribution in [0.5, 0.6) is 0 Å². The maximum atomic E-state index is 11.8. The number of hydrogen-bond acceptors (Lipinski definition) is 13. The van der Waals surface area contributed by atoms with Gasteiger partial charge in [0.1, 0.15) is 12.7 Å². The van der Waals surface area contributed by atoms with Crippen LogP contribution in [0.4, 0.5) is 0 Å². The molecule has 1 heterocycles. The fraction of sp³-hybridized carbons (Fsp3) is 0.650. The van der Waals surface area contributed by atoms with Gasteiger partial charge in [-0.2, -0.15) is 0 Å². The first-order valence-electron chi connectivity index (χ1n) is 9.67. The Morgan fingerprint density at radius 3 is 1.79 bits per heavy atom. The van der Waals surface area contributed by atoms with Crippen LogP contribution in [0.25, 0.3) is 0 Å². The number of carbonyl (C=O) groups is 5. The summed E-state index contributed by atoms with van der Waals surface area (Å²) >= 11 is 0. The number of methoxy groups -OCH3 is 2. The molecule has 0 N–H and O–H groups in total. The van der Waals surface area contributed by atoms with Gasteiger partial charge in [0.2, 0.25) is 6.29 Å². The fourth-order valence-corrected chi connectivity index (χ4v) is 2.93. The minimum Gasteiger partial charge on any atom is -0.466 e. The third-order valence-electron chi connectivity index (χ3n) is 4.15. The highest BCUT2D eigenvalue weighted by Crippen LogP contribution is 2.31. The lowest BCUT2D eigenvalue weighted by molar-refractivity contribution is -0.332. The van der Waals surface area contributed by atoms with Gasteiger partial charge in [0.05, 0.1) is 12.7 Å². The largest absolute Gasteiger partial charge is 0.466 e. The Morgan fingerprint density at radius 1 is 0.818 bits per heavy atom.